The third-order valence-corrected chi connectivity index (χ3v) is 2.70. The van der Waals surface area contributed by atoms with Gasteiger partial charge in [0.15, 0.2) is 5.76 Å². The summed E-state index contributed by atoms with van der Waals surface area (Å²) in [5.41, 5.74) is 7.76. The van der Waals surface area contributed by atoms with Gasteiger partial charge in [0, 0.05) is 18.5 Å². The Morgan fingerprint density at radius 2 is 2.18 bits per heavy atom. The molecule has 5 nitrogen and oxygen atoms in total. The van der Waals surface area contributed by atoms with Crippen molar-refractivity contribution < 1.29 is 9.52 Å². The number of phenolic OH excluding ortho intramolecular Hbond substituents is 1. The van der Waals surface area contributed by atoms with E-state index in [2.05, 4.69) is 5.10 Å². The van der Waals surface area contributed by atoms with Crippen molar-refractivity contribution in [2.75, 3.05) is 5.73 Å². The lowest BCUT2D eigenvalue weighted by atomic mass is 10.2. The predicted molar refractivity (Wildman–Crippen MR) is 64.5 cm³/mol. The first-order valence-corrected chi connectivity index (χ1v) is 5.15. The highest BCUT2D eigenvalue weighted by molar-refractivity contribution is 5.85. The van der Waals surface area contributed by atoms with Crippen LogP contribution >= 0.6 is 0 Å². The van der Waals surface area contributed by atoms with Crippen molar-refractivity contribution in [3.8, 4) is 17.2 Å². The first-order chi connectivity index (χ1) is 8.15. The van der Waals surface area contributed by atoms with Gasteiger partial charge < -0.3 is 15.3 Å². The van der Waals surface area contributed by atoms with Crippen LogP contribution in [-0.2, 0) is 7.05 Å². The first kappa shape index (κ1) is 9.77. The number of rotatable bonds is 1. The second-order valence-corrected chi connectivity index (χ2v) is 3.90. The maximum Gasteiger partial charge on any atom is 0.155 e. The van der Waals surface area contributed by atoms with E-state index in [-0.39, 0.29) is 5.75 Å². The summed E-state index contributed by atoms with van der Waals surface area (Å²) < 4.78 is 7.31. The van der Waals surface area contributed by atoms with Crippen LogP contribution in [0.15, 0.2) is 34.9 Å². The van der Waals surface area contributed by atoms with Crippen molar-refractivity contribution in [3.63, 3.8) is 0 Å². The molecule has 0 aliphatic heterocycles. The van der Waals surface area contributed by atoms with Crippen LogP contribution in [0, 0.1) is 0 Å². The lowest BCUT2D eigenvalue weighted by Gasteiger charge is -1.98. The Morgan fingerprint density at radius 3 is 2.88 bits per heavy atom. The van der Waals surface area contributed by atoms with Crippen LogP contribution < -0.4 is 5.73 Å². The minimum Gasteiger partial charge on any atom is -0.508 e. The largest absolute Gasteiger partial charge is 0.508 e. The monoisotopic (exact) mass is 229 g/mol. The normalized spacial score (nSPS) is 11.1. The van der Waals surface area contributed by atoms with Gasteiger partial charge in [0.25, 0.3) is 0 Å². The number of hydrogen-bond acceptors (Lipinski definition) is 4. The van der Waals surface area contributed by atoms with Gasteiger partial charge in [-0.05, 0) is 18.2 Å². The molecule has 3 N–H and O–H groups in total. The number of aromatic nitrogens is 2. The molecule has 3 aromatic rings. The number of nitrogen functional groups attached to an aromatic ring is 1. The molecule has 0 atom stereocenters. The van der Waals surface area contributed by atoms with Crippen molar-refractivity contribution in [2.24, 2.45) is 7.05 Å². The molecule has 0 spiro atoms. The third-order valence-electron chi connectivity index (χ3n) is 2.70. The Labute approximate surface area is 97.1 Å². The van der Waals surface area contributed by atoms with Gasteiger partial charge in [-0.1, -0.05) is 0 Å². The molecule has 0 aliphatic rings. The summed E-state index contributed by atoms with van der Waals surface area (Å²) in [6, 6.07) is 6.87. The zero-order valence-corrected chi connectivity index (χ0v) is 9.21. The van der Waals surface area contributed by atoms with Crippen LogP contribution in [0.5, 0.6) is 5.75 Å². The minimum atomic E-state index is 0.177. The molecule has 0 radical (unpaired) electrons. The molecule has 5 heteroatoms. The third kappa shape index (κ3) is 1.44. The quantitative estimate of drug-likeness (QED) is 0.670. The molecule has 0 bridgehead atoms. The van der Waals surface area contributed by atoms with Crippen molar-refractivity contribution in [2.45, 2.75) is 0 Å². The fourth-order valence-electron chi connectivity index (χ4n) is 1.89. The standard InChI is InChI=1S/C12H11N3O2/c1-15-12(9(13)6-14-15)11-4-7-2-3-8(16)5-10(7)17-11/h2-6,16H,13H2,1H3. The van der Waals surface area contributed by atoms with Crippen molar-refractivity contribution in [3.05, 3.63) is 30.5 Å². The molecule has 0 saturated heterocycles. The van der Waals surface area contributed by atoms with Crippen molar-refractivity contribution >= 4 is 16.7 Å². The van der Waals surface area contributed by atoms with Gasteiger partial charge in [0.2, 0.25) is 0 Å². The van der Waals surface area contributed by atoms with Crippen LogP contribution in [0.4, 0.5) is 5.69 Å². The second-order valence-electron chi connectivity index (χ2n) is 3.90. The molecule has 0 amide bonds. The number of aryl methyl sites for hydroxylation is 1. The number of nitrogens with two attached hydrogens (primary N) is 1. The molecule has 0 aliphatic carbocycles. The average Bonchev–Trinajstić information content (AvgIpc) is 2.81. The molecule has 86 valence electrons. The van der Waals surface area contributed by atoms with Gasteiger partial charge in [0.1, 0.15) is 17.0 Å². The first-order valence-electron chi connectivity index (χ1n) is 5.15. The van der Waals surface area contributed by atoms with E-state index in [1.807, 2.05) is 6.07 Å². The summed E-state index contributed by atoms with van der Waals surface area (Å²) >= 11 is 0. The number of hydrogen-bond donors (Lipinski definition) is 2. The van der Waals surface area contributed by atoms with Gasteiger partial charge in [-0.25, -0.2) is 0 Å². The topological polar surface area (TPSA) is 77.2 Å². The van der Waals surface area contributed by atoms with Gasteiger partial charge >= 0.3 is 0 Å². The molecule has 17 heavy (non-hydrogen) atoms. The number of furan rings is 1. The van der Waals surface area contributed by atoms with Crippen LogP contribution in [0.2, 0.25) is 0 Å². The van der Waals surface area contributed by atoms with Gasteiger partial charge in [0.05, 0.1) is 11.9 Å². The number of phenols is 1. The summed E-state index contributed by atoms with van der Waals surface area (Å²) in [4.78, 5) is 0. The van der Waals surface area contributed by atoms with E-state index in [4.69, 9.17) is 10.2 Å². The number of aromatic hydroxyl groups is 1. The van der Waals surface area contributed by atoms with E-state index in [1.54, 1.807) is 36.1 Å². The molecule has 3 rings (SSSR count). The Morgan fingerprint density at radius 1 is 1.35 bits per heavy atom. The van der Waals surface area contributed by atoms with E-state index in [1.165, 1.54) is 0 Å². The molecule has 2 heterocycles. The van der Waals surface area contributed by atoms with Gasteiger partial charge in [-0.3, -0.25) is 4.68 Å². The highest BCUT2D eigenvalue weighted by Crippen LogP contribution is 2.32. The Kier molecular flexibility index (Phi) is 1.89. The van der Waals surface area contributed by atoms with E-state index in [9.17, 15) is 5.11 Å². The predicted octanol–water partition coefficient (Wildman–Crippen LogP) is 2.12. The molecule has 0 saturated carbocycles. The van der Waals surface area contributed by atoms with Crippen LogP contribution in [0.3, 0.4) is 0 Å². The number of anilines is 1. The van der Waals surface area contributed by atoms with Crippen LogP contribution in [-0.4, -0.2) is 14.9 Å². The lowest BCUT2D eigenvalue weighted by molar-refractivity contribution is 0.474. The summed E-state index contributed by atoms with van der Waals surface area (Å²) in [7, 11) is 1.80. The Bertz CT molecular complexity index is 677. The summed E-state index contributed by atoms with van der Waals surface area (Å²) in [5, 5.41) is 14.4. The number of benzene rings is 1. The fraction of sp³-hybridized carbons (Fsp3) is 0.0833. The molecule has 1 aromatic carbocycles. The number of nitrogens with zero attached hydrogens (tertiary/aromatic N) is 2. The summed E-state index contributed by atoms with van der Waals surface area (Å²) in [6.45, 7) is 0. The van der Waals surface area contributed by atoms with Gasteiger partial charge in [-0.2, -0.15) is 5.10 Å². The Balaban J connectivity index is 2.25. The molecule has 0 fully saturated rings. The summed E-state index contributed by atoms with van der Waals surface area (Å²) in [5.74, 6) is 0.819. The maximum absolute atomic E-state index is 9.38. The van der Waals surface area contributed by atoms with E-state index in [0.29, 0.717) is 17.0 Å². The van der Waals surface area contributed by atoms with E-state index < -0.39 is 0 Å². The molecular weight excluding hydrogens is 218 g/mol. The van der Waals surface area contributed by atoms with Crippen molar-refractivity contribution in [1.82, 2.24) is 9.78 Å². The van der Waals surface area contributed by atoms with E-state index in [0.717, 1.165) is 11.1 Å². The Hall–Kier alpha value is -2.43. The van der Waals surface area contributed by atoms with Crippen molar-refractivity contribution in [1.29, 1.82) is 0 Å². The van der Waals surface area contributed by atoms with Gasteiger partial charge in [-0.15, -0.1) is 0 Å². The molecule has 0 unspecified atom stereocenters. The zero-order chi connectivity index (χ0) is 12.0. The fourth-order valence-corrected chi connectivity index (χ4v) is 1.89. The lowest BCUT2D eigenvalue weighted by Crippen LogP contribution is -1.94. The van der Waals surface area contributed by atoms with E-state index >= 15 is 0 Å². The van der Waals surface area contributed by atoms with Crippen LogP contribution in [0.1, 0.15) is 0 Å². The molecular formula is C12H11N3O2. The average molecular weight is 229 g/mol. The SMILES string of the molecule is Cn1ncc(N)c1-c1cc2ccc(O)cc2o1. The molecule has 2 aromatic heterocycles. The zero-order valence-electron chi connectivity index (χ0n) is 9.21. The highest BCUT2D eigenvalue weighted by atomic mass is 16.3. The van der Waals surface area contributed by atoms with Crippen LogP contribution in [0.25, 0.3) is 22.4 Å². The number of fused-ring (bicyclic) bond motifs is 1. The summed E-state index contributed by atoms with van der Waals surface area (Å²) in [6.07, 6.45) is 1.58. The second kappa shape index (κ2) is 3.28. The maximum atomic E-state index is 9.38. The smallest absolute Gasteiger partial charge is 0.155 e. The minimum absolute atomic E-state index is 0.177. The highest BCUT2D eigenvalue weighted by Gasteiger charge is 2.13.